The lowest BCUT2D eigenvalue weighted by Gasteiger charge is -1.92. The van der Waals surface area contributed by atoms with Gasteiger partial charge in [-0.2, -0.15) is 9.64 Å². The van der Waals surface area contributed by atoms with Crippen molar-refractivity contribution in [1.29, 1.82) is 5.26 Å². The lowest BCUT2D eigenvalue weighted by atomic mass is 10.2. The Labute approximate surface area is 117 Å². The molecule has 8 heteroatoms. The molecule has 0 saturated heterocycles. The number of hydrogen-bond acceptors (Lipinski definition) is 8. The number of hydrogen-bond donors (Lipinski definition) is 1. The average Bonchev–Trinajstić information content (AvgIpc) is 2.89. The van der Waals surface area contributed by atoms with Crippen LogP contribution in [-0.4, -0.2) is 19.4 Å². The maximum absolute atomic E-state index is 9.13. The van der Waals surface area contributed by atoms with E-state index in [4.69, 9.17) is 10.4 Å². The molecular formula is C12H6N6OS. The van der Waals surface area contributed by atoms with Crippen LogP contribution in [0, 0.1) is 11.3 Å². The molecular weight excluding hydrogens is 276 g/mol. The first kappa shape index (κ1) is 12.1. The molecule has 1 N–H and O–H groups in total. The molecule has 0 radical (unpaired) electrons. The van der Waals surface area contributed by atoms with Crippen molar-refractivity contribution >= 4 is 33.4 Å². The number of aromatic hydroxyl groups is 1. The molecule has 0 bridgehead atoms. The molecule has 3 rings (SSSR count). The molecule has 0 aliphatic rings. The minimum absolute atomic E-state index is 0.0649. The summed E-state index contributed by atoms with van der Waals surface area (Å²) in [4.78, 5) is 7.96. The first-order valence-electron chi connectivity index (χ1n) is 5.48. The predicted octanol–water partition coefficient (Wildman–Crippen LogP) is 3.08. The van der Waals surface area contributed by atoms with Crippen molar-refractivity contribution in [2.75, 3.05) is 0 Å². The molecule has 0 fully saturated rings. The summed E-state index contributed by atoms with van der Waals surface area (Å²) >= 11 is 1.14. The van der Waals surface area contributed by atoms with Crippen molar-refractivity contribution < 1.29 is 5.11 Å². The van der Waals surface area contributed by atoms with Crippen LogP contribution in [0.4, 0.5) is 10.8 Å². The Kier molecular flexibility index (Phi) is 3.02. The molecule has 96 valence electrons. The Balaban J connectivity index is 1.98. The van der Waals surface area contributed by atoms with Gasteiger partial charge < -0.3 is 5.11 Å². The van der Waals surface area contributed by atoms with Gasteiger partial charge in [0.15, 0.2) is 16.5 Å². The van der Waals surface area contributed by atoms with Crippen LogP contribution in [0.2, 0.25) is 0 Å². The second-order valence-corrected chi connectivity index (χ2v) is 4.52. The number of fused-ring (bicyclic) bond motifs is 1. The molecule has 0 amide bonds. The van der Waals surface area contributed by atoms with Crippen LogP contribution < -0.4 is 0 Å². The summed E-state index contributed by atoms with van der Waals surface area (Å²) in [6, 6.07) is 6.71. The van der Waals surface area contributed by atoms with Gasteiger partial charge in [0.25, 0.3) is 0 Å². The fraction of sp³-hybridized carbons (Fsp3) is 0. The number of nitriles is 1. The summed E-state index contributed by atoms with van der Waals surface area (Å²) < 4.78 is 4.13. The average molecular weight is 282 g/mol. The third-order valence-corrected chi connectivity index (χ3v) is 3.16. The highest BCUT2D eigenvalue weighted by Gasteiger charge is 2.07. The van der Waals surface area contributed by atoms with Gasteiger partial charge in [0.1, 0.15) is 11.8 Å². The molecule has 0 aliphatic carbocycles. The Morgan fingerprint density at radius 2 is 2.10 bits per heavy atom. The molecule has 0 spiro atoms. The van der Waals surface area contributed by atoms with Gasteiger partial charge in [0.05, 0.1) is 17.1 Å². The summed E-state index contributed by atoms with van der Waals surface area (Å²) in [7, 11) is 0. The van der Waals surface area contributed by atoms with E-state index in [1.54, 1.807) is 12.1 Å². The van der Waals surface area contributed by atoms with E-state index in [-0.39, 0.29) is 5.75 Å². The monoisotopic (exact) mass is 282 g/mol. The fourth-order valence-corrected chi connectivity index (χ4v) is 2.13. The van der Waals surface area contributed by atoms with Crippen molar-refractivity contribution in [3.05, 3.63) is 36.2 Å². The zero-order chi connectivity index (χ0) is 13.9. The molecule has 0 aromatic carbocycles. The van der Waals surface area contributed by atoms with E-state index in [1.165, 1.54) is 18.5 Å². The molecule has 0 unspecified atom stereocenters. The van der Waals surface area contributed by atoms with Crippen molar-refractivity contribution in [3.8, 4) is 11.8 Å². The van der Waals surface area contributed by atoms with Crippen molar-refractivity contribution in [2.24, 2.45) is 10.2 Å². The summed E-state index contributed by atoms with van der Waals surface area (Å²) in [5, 5.41) is 27.2. The van der Waals surface area contributed by atoms with Crippen LogP contribution in [0.3, 0.4) is 0 Å². The Bertz CT molecular complexity index is 833. The van der Waals surface area contributed by atoms with E-state index >= 15 is 0 Å². The van der Waals surface area contributed by atoms with E-state index in [1.807, 2.05) is 6.07 Å². The molecule has 7 nitrogen and oxygen atoms in total. The highest BCUT2D eigenvalue weighted by atomic mass is 32.1. The van der Waals surface area contributed by atoms with Crippen molar-refractivity contribution in [1.82, 2.24) is 14.3 Å². The van der Waals surface area contributed by atoms with Gasteiger partial charge in [-0.15, -0.1) is 10.2 Å². The maximum atomic E-state index is 9.13. The van der Waals surface area contributed by atoms with E-state index in [2.05, 4.69) is 24.6 Å². The minimum atomic E-state index is 0.0649. The quantitative estimate of drug-likeness (QED) is 0.726. The summed E-state index contributed by atoms with van der Waals surface area (Å²) in [5.74, 6) is 0.434. The fourth-order valence-electron chi connectivity index (χ4n) is 1.49. The zero-order valence-corrected chi connectivity index (χ0v) is 10.7. The van der Waals surface area contributed by atoms with Gasteiger partial charge in [0, 0.05) is 6.20 Å². The lowest BCUT2D eigenvalue weighted by Crippen LogP contribution is -1.78. The third-order valence-electron chi connectivity index (χ3n) is 2.42. The molecule has 0 aliphatic heterocycles. The van der Waals surface area contributed by atoms with Crippen molar-refractivity contribution in [3.63, 3.8) is 0 Å². The highest BCUT2D eigenvalue weighted by Crippen LogP contribution is 2.31. The molecule has 0 atom stereocenters. The van der Waals surface area contributed by atoms with E-state index in [9.17, 15) is 0 Å². The SMILES string of the molecule is N#Cc1cnc2nsc(N=Nc3ccc(O)cn3)c2c1. The molecule has 20 heavy (non-hydrogen) atoms. The number of rotatable bonds is 2. The zero-order valence-electron chi connectivity index (χ0n) is 9.93. The van der Waals surface area contributed by atoms with Gasteiger partial charge in [-0.3, -0.25) is 0 Å². The molecule has 0 saturated carbocycles. The van der Waals surface area contributed by atoms with Gasteiger partial charge >= 0.3 is 0 Å². The molecule has 3 aromatic heterocycles. The van der Waals surface area contributed by atoms with E-state index in [0.29, 0.717) is 27.4 Å². The number of nitrogens with zero attached hydrogens (tertiary/aromatic N) is 6. The number of pyridine rings is 2. The van der Waals surface area contributed by atoms with Crippen LogP contribution in [0.15, 0.2) is 40.8 Å². The highest BCUT2D eigenvalue weighted by molar-refractivity contribution is 7.11. The first-order valence-corrected chi connectivity index (χ1v) is 6.26. The second kappa shape index (κ2) is 4.99. The summed E-state index contributed by atoms with van der Waals surface area (Å²) in [6.07, 6.45) is 2.75. The summed E-state index contributed by atoms with van der Waals surface area (Å²) in [6.45, 7) is 0. The summed E-state index contributed by atoms with van der Waals surface area (Å²) in [5.41, 5.74) is 0.971. The van der Waals surface area contributed by atoms with Crippen molar-refractivity contribution in [2.45, 2.75) is 0 Å². The van der Waals surface area contributed by atoms with Gasteiger partial charge in [-0.1, -0.05) is 0 Å². The Morgan fingerprint density at radius 3 is 2.85 bits per heavy atom. The molecule has 3 aromatic rings. The van der Waals surface area contributed by atoms with E-state index in [0.717, 1.165) is 11.5 Å². The largest absolute Gasteiger partial charge is 0.506 e. The Morgan fingerprint density at radius 1 is 1.20 bits per heavy atom. The van der Waals surface area contributed by atoms with Gasteiger partial charge in [-0.25, -0.2) is 9.97 Å². The third kappa shape index (κ3) is 2.30. The maximum Gasteiger partial charge on any atom is 0.175 e. The number of azo groups is 1. The minimum Gasteiger partial charge on any atom is -0.506 e. The smallest absolute Gasteiger partial charge is 0.175 e. The topological polar surface area (TPSA) is 107 Å². The van der Waals surface area contributed by atoms with Crippen LogP contribution in [0.5, 0.6) is 5.75 Å². The Hall–Kier alpha value is -2.92. The van der Waals surface area contributed by atoms with Crippen LogP contribution in [-0.2, 0) is 0 Å². The number of aromatic nitrogens is 3. The predicted molar refractivity (Wildman–Crippen MR) is 72.2 cm³/mol. The second-order valence-electron chi connectivity index (χ2n) is 3.77. The standard InChI is InChI=1S/C12H6N6OS/c13-4-7-3-9-11(15-5-7)18-20-12(9)17-16-10-2-1-8(19)6-14-10/h1-3,5-6,19H. The molecule has 3 heterocycles. The van der Waals surface area contributed by atoms with Crippen LogP contribution in [0.1, 0.15) is 5.56 Å². The van der Waals surface area contributed by atoms with E-state index < -0.39 is 0 Å². The van der Waals surface area contributed by atoms with Crippen LogP contribution >= 0.6 is 11.5 Å². The van der Waals surface area contributed by atoms with Gasteiger partial charge in [0.2, 0.25) is 0 Å². The van der Waals surface area contributed by atoms with Crippen LogP contribution in [0.25, 0.3) is 11.0 Å². The lowest BCUT2D eigenvalue weighted by molar-refractivity contribution is 0.473. The van der Waals surface area contributed by atoms with Gasteiger partial charge in [-0.05, 0) is 29.7 Å². The first-order chi connectivity index (χ1) is 9.76. The normalized spacial score (nSPS) is 10.9.